The molecular formula is C70H69NO2. The maximum absolute atomic E-state index is 12.9. The van der Waals surface area contributed by atoms with Gasteiger partial charge in [-0.1, -0.05) is 12.1 Å². The lowest BCUT2D eigenvalue weighted by Gasteiger charge is -2.72. The van der Waals surface area contributed by atoms with Crippen molar-refractivity contribution in [2.24, 2.45) is 354 Å². The third kappa shape index (κ3) is 2.03. The molecule has 1 N–H and O–H groups in total. The van der Waals surface area contributed by atoms with Gasteiger partial charge < -0.3 is 5.11 Å². The molecule has 0 bridgehead atoms. The summed E-state index contributed by atoms with van der Waals surface area (Å²) in [5.41, 5.74) is 3.23. The first-order chi connectivity index (χ1) is 36.2. The predicted octanol–water partition coefficient (Wildman–Crippen LogP) is 8.51. The van der Waals surface area contributed by atoms with Crippen LogP contribution in [0.25, 0.3) is 0 Å². The van der Waals surface area contributed by atoms with Crippen LogP contribution in [0.15, 0.2) is 24.3 Å². The monoisotopic (exact) mass is 956 g/mol. The molecular weight excluding hydrogens is 887 g/mol. The van der Waals surface area contributed by atoms with Crippen LogP contribution >= 0.6 is 0 Å². The van der Waals surface area contributed by atoms with E-state index in [0.717, 1.165) is 94.7 Å². The maximum atomic E-state index is 12.9. The molecule has 366 valence electrons. The standard InChI is InChI=1S/C70H69NO2/c1-71-6-69-63-56-49-37-29-20-11-9-10-12-15(11)24-31(29)39-40-32(24)30-21(12)23-19-14(10)17-16-13(9)18-22(20)35(37)43-41-27(18)25(16)33-34-26(17)28(19)42-44-36(23)38(30)50-52(40)61(60(63)51(39)49)65-58(50)55(44)59-48(42)46(34)53-45(33)47(41)57(54(43)56)64(69)62(53)66(59)70(65,69)67(71)7-2-4-8(5-3-7)68(72)73/h2-5,9-67H,6H2,1H3,(H,72,73)/t9?,10?,11?,12?,13?,14?,15?,16?,17?,18?,19?,20?,21?,22?,23?,24?,25?,26?,27?,28?,29?,30?,31?,32?,33?,34?,35?,36?,37?,38?,39?,40?,41?,42?,43?,44?,45?,46?,47?,48?,49?,50?,51?,52?,53?,54?,55?,56?,57?,58?,59?,60?,61?,62?,63?,64?,65?,66?,67-,69-,70+/m1/s1. The van der Waals surface area contributed by atoms with Gasteiger partial charge >= 0.3 is 5.97 Å². The largest absolute Gasteiger partial charge is 0.478 e. The van der Waals surface area contributed by atoms with Crippen molar-refractivity contribution in [3.63, 3.8) is 0 Å². The first-order valence-electron chi connectivity index (χ1n) is 34.2. The Morgan fingerprint density at radius 1 is 0.329 bits per heavy atom. The molecule has 3 nitrogen and oxygen atoms in total. The lowest BCUT2D eigenvalue weighted by molar-refractivity contribution is -0.256. The number of rotatable bonds is 2. The van der Waals surface area contributed by atoms with Crippen LogP contribution in [0, 0.1) is 354 Å². The van der Waals surface area contributed by atoms with E-state index in [1.807, 2.05) is 0 Å². The van der Waals surface area contributed by atoms with Gasteiger partial charge in [-0.15, -0.1) is 0 Å². The molecule has 1 saturated heterocycles. The van der Waals surface area contributed by atoms with Crippen molar-refractivity contribution < 1.29 is 9.90 Å². The quantitative estimate of drug-likeness (QED) is 0.324. The molecule has 58 unspecified atom stereocenters. The first kappa shape index (κ1) is 33.3. The zero-order valence-corrected chi connectivity index (χ0v) is 41.9. The lowest BCUT2D eigenvalue weighted by Crippen LogP contribution is -2.70. The minimum atomic E-state index is -0.699. The Kier molecular flexibility index (Phi) is 3.73. The van der Waals surface area contributed by atoms with E-state index in [4.69, 9.17) is 0 Å². The van der Waals surface area contributed by atoms with Gasteiger partial charge in [-0.25, -0.2) is 4.79 Å². The fourth-order valence-electron chi connectivity index (χ4n) is 49.8. The summed E-state index contributed by atoms with van der Waals surface area (Å²) in [5.74, 6) is 68.5. The maximum Gasteiger partial charge on any atom is 0.335 e. The highest BCUT2D eigenvalue weighted by atomic mass is 16.4. The van der Waals surface area contributed by atoms with Crippen molar-refractivity contribution in [3.8, 4) is 0 Å². The topological polar surface area (TPSA) is 40.5 Å². The van der Waals surface area contributed by atoms with Gasteiger partial charge in [0, 0.05) is 18.0 Å². The number of nitrogens with zero attached hydrogens (tertiary/aromatic N) is 1. The zero-order chi connectivity index (χ0) is 43.9. The van der Waals surface area contributed by atoms with Crippen LogP contribution in [0.3, 0.4) is 0 Å². The Bertz CT molecular complexity index is 3230. The Balaban J connectivity index is 0.838. The van der Waals surface area contributed by atoms with Crippen molar-refractivity contribution in [2.75, 3.05) is 13.6 Å². The highest BCUT2D eigenvalue weighted by Gasteiger charge is 3.06. The van der Waals surface area contributed by atoms with Crippen LogP contribution in [0.4, 0.5) is 0 Å². The summed E-state index contributed by atoms with van der Waals surface area (Å²) in [6, 6.07) is 9.96. The molecule has 0 radical (unpaired) electrons. The average molecular weight is 956 g/mol. The summed E-state index contributed by atoms with van der Waals surface area (Å²) < 4.78 is 0. The summed E-state index contributed by atoms with van der Waals surface area (Å²) in [7, 11) is 2.80. The van der Waals surface area contributed by atoms with Gasteiger partial charge in [0.2, 0.25) is 0 Å². The third-order valence-corrected chi connectivity index (χ3v) is 43.5. The van der Waals surface area contributed by atoms with Crippen molar-refractivity contribution in [3.05, 3.63) is 35.4 Å². The van der Waals surface area contributed by atoms with E-state index in [-0.39, 0.29) is 0 Å². The van der Waals surface area contributed by atoms with Crippen LogP contribution in [-0.4, -0.2) is 29.6 Å². The molecule has 2 spiro atoms. The zero-order valence-electron chi connectivity index (χ0n) is 41.9. The summed E-state index contributed by atoms with van der Waals surface area (Å²) >= 11 is 0. The fraction of sp³-hybridized carbons (Fsp3) is 0.900. The van der Waals surface area contributed by atoms with Crippen molar-refractivity contribution in [1.29, 1.82) is 0 Å². The van der Waals surface area contributed by atoms with Crippen molar-refractivity contribution in [2.45, 2.75) is 6.04 Å². The summed E-state index contributed by atoms with van der Waals surface area (Å²) in [4.78, 5) is 16.1. The number of hydrogen-bond donors (Lipinski definition) is 1. The van der Waals surface area contributed by atoms with Gasteiger partial charge in [0.25, 0.3) is 0 Å². The van der Waals surface area contributed by atoms with Gasteiger partial charge in [0.15, 0.2) is 0 Å². The van der Waals surface area contributed by atoms with Gasteiger partial charge in [0.1, 0.15) is 0 Å². The molecule has 0 aromatic heterocycles. The Morgan fingerprint density at radius 2 is 0.534 bits per heavy atom. The van der Waals surface area contributed by atoms with Crippen LogP contribution < -0.4 is 0 Å². The van der Waals surface area contributed by atoms with Crippen molar-refractivity contribution in [1.82, 2.24) is 4.90 Å². The number of carboxylic acids is 1. The van der Waals surface area contributed by atoms with Crippen LogP contribution in [0.1, 0.15) is 22.0 Å². The van der Waals surface area contributed by atoms with Gasteiger partial charge in [-0.05, 0) is 373 Å². The molecule has 0 amide bonds. The first-order valence-corrected chi connectivity index (χ1v) is 34.2. The normalized spacial score (nSPS) is 94.9. The molecule has 1 aromatic carbocycles. The minimum Gasteiger partial charge on any atom is -0.478 e. The van der Waals surface area contributed by atoms with Gasteiger partial charge in [0.05, 0.1) is 5.56 Å². The Labute approximate surface area is 427 Å². The summed E-state index contributed by atoms with van der Waals surface area (Å²) in [5, 5.41) is 10.6. The molecule has 32 aliphatic carbocycles. The van der Waals surface area contributed by atoms with E-state index in [2.05, 4.69) is 36.2 Å². The number of carboxylic acid groups (broad SMARTS) is 1. The van der Waals surface area contributed by atoms with Crippen LogP contribution in [0.5, 0.6) is 0 Å². The smallest absolute Gasteiger partial charge is 0.335 e. The Morgan fingerprint density at radius 3 is 0.836 bits per heavy atom. The van der Waals surface area contributed by atoms with Crippen LogP contribution in [0.2, 0.25) is 0 Å². The van der Waals surface area contributed by atoms with E-state index >= 15 is 0 Å². The Hall–Kier alpha value is -1.35. The molecule has 32 saturated carbocycles. The van der Waals surface area contributed by atoms with E-state index < -0.39 is 5.97 Å². The lowest BCUT2D eigenvalue weighted by atomic mass is 9.31. The van der Waals surface area contributed by atoms with E-state index in [0.29, 0.717) is 22.4 Å². The van der Waals surface area contributed by atoms with E-state index in [9.17, 15) is 9.90 Å². The summed E-state index contributed by atoms with van der Waals surface area (Å²) in [6.07, 6.45) is 0. The van der Waals surface area contributed by atoms with Crippen molar-refractivity contribution >= 4 is 5.97 Å². The van der Waals surface area contributed by atoms with Crippen LogP contribution in [-0.2, 0) is 0 Å². The molecule has 1 aromatic rings. The number of benzene rings is 1. The molecule has 3 heteroatoms. The molecule has 73 heavy (non-hydrogen) atoms. The molecule has 33 aliphatic rings. The highest BCUT2D eigenvalue weighted by Crippen LogP contribution is 3.09. The molecule has 33 fully saturated rings. The average Bonchev–Trinajstić information content (AvgIpc) is 4.41. The SMILES string of the molecule is CN1C[C@@]23C4C5C6C7C8C9C%10C%11C%12C%13C%10C%10C8C8C%14C%10C%10C%13C%13C%15C%12C%12C%16C%11C%11C9C7C7C9C%11C%16C%11C%16C%12C%15C%12C%15C%13C%10C%10C%14C(C4C86)C4C%10C%15C6C%12C%16C8C%11C9C(C75)C2C8C6[C@]43[C@H]1c1ccc(C(=O)O)cc1. The minimum absolute atomic E-state index is 0.460. The number of carbonyl (C=O) groups is 1. The number of likely N-dealkylation sites (tertiary alicyclic amines) is 1. The fourth-order valence-corrected chi connectivity index (χ4v) is 49.8. The highest BCUT2D eigenvalue weighted by molar-refractivity contribution is 5.87. The van der Waals surface area contributed by atoms with E-state index in [1.54, 1.807) is 5.56 Å². The molecule has 34 rings (SSSR count). The number of hydrogen-bond acceptors (Lipinski definition) is 2. The summed E-state index contributed by atoms with van der Waals surface area (Å²) in [6.45, 7) is 1.50. The predicted molar refractivity (Wildman–Crippen MR) is 256 cm³/mol. The number of aromatic carboxylic acids is 1. The van der Waals surface area contributed by atoms with E-state index in [1.165, 1.54) is 255 Å². The molecule has 1 heterocycles. The second-order valence-electron chi connectivity index (χ2n) is 38.5. The third-order valence-electron chi connectivity index (χ3n) is 43.5. The van der Waals surface area contributed by atoms with Gasteiger partial charge in [-0.3, -0.25) is 4.90 Å². The second-order valence-corrected chi connectivity index (χ2v) is 38.5. The molecule has 61 atom stereocenters. The molecule has 1 aliphatic heterocycles. The second kappa shape index (κ2) is 8.18. The van der Waals surface area contributed by atoms with Gasteiger partial charge in [-0.2, -0.15) is 0 Å².